The van der Waals surface area contributed by atoms with Crippen LogP contribution < -0.4 is 0 Å². The van der Waals surface area contributed by atoms with E-state index in [0.717, 1.165) is 19.3 Å². The van der Waals surface area contributed by atoms with Crippen molar-refractivity contribution in [2.45, 2.75) is 33.1 Å². The van der Waals surface area contributed by atoms with E-state index in [4.69, 9.17) is 0 Å². The molecule has 114 valence electrons. The van der Waals surface area contributed by atoms with Crippen LogP contribution in [0.2, 0.25) is 0 Å². The fraction of sp³-hybridized carbons (Fsp3) is 0.333. The van der Waals surface area contributed by atoms with E-state index in [1.807, 2.05) is 0 Å². The molecule has 2 aromatic carbocycles. The van der Waals surface area contributed by atoms with Crippen LogP contribution in [0, 0.1) is 0 Å². The van der Waals surface area contributed by atoms with E-state index in [0.29, 0.717) is 0 Å². The Labute approximate surface area is 137 Å². The average molecular weight is 302 g/mol. The zero-order valence-corrected chi connectivity index (χ0v) is 14.3. The Bertz CT molecular complexity index is 894. The smallest absolute Gasteiger partial charge is 0.202 e. The quantitative estimate of drug-likeness (QED) is 0.557. The van der Waals surface area contributed by atoms with E-state index >= 15 is 0 Å². The molecular weight excluding hydrogens is 280 g/mol. The highest BCUT2D eigenvalue weighted by Crippen LogP contribution is 2.51. The van der Waals surface area contributed by atoms with E-state index in [9.17, 15) is 0 Å². The molecule has 1 aliphatic carbocycles. The molecule has 5 rings (SSSR count). The van der Waals surface area contributed by atoms with Crippen molar-refractivity contribution in [1.82, 2.24) is 0 Å². The van der Waals surface area contributed by atoms with Gasteiger partial charge in [-0.1, -0.05) is 24.3 Å². The van der Waals surface area contributed by atoms with Gasteiger partial charge in [-0.3, -0.25) is 0 Å². The van der Waals surface area contributed by atoms with Gasteiger partial charge in [0.15, 0.2) is 11.4 Å². The van der Waals surface area contributed by atoms with Crippen molar-refractivity contribution in [3.05, 3.63) is 46.5 Å². The zero-order chi connectivity index (χ0) is 15.9. The minimum atomic E-state index is 1.07. The minimum Gasteiger partial charge on any atom is -0.202 e. The van der Waals surface area contributed by atoms with Crippen LogP contribution in [0.25, 0.3) is 11.1 Å². The summed E-state index contributed by atoms with van der Waals surface area (Å²) in [4.78, 5) is 0. The number of hydrogen-bond donors (Lipinski definition) is 0. The molecule has 23 heavy (non-hydrogen) atoms. The molecule has 0 saturated carbocycles. The summed E-state index contributed by atoms with van der Waals surface area (Å²) in [6.07, 6.45) is 3.25. The molecule has 0 radical (unpaired) electrons. The summed E-state index contributed by atoms with van der Waals surface area (Å²) in [7, 11) is 4.45. The van der Waals surface area contributed by atoms with Gasteiger partial charge in [0.25, 0.3) is 0 Å². The Morgan fingerprint density at radius 2 is 1.00 bits per heavy atom. The van der Waals surface area contributed by atoms with Crippen LogP contribution in [-0.2, 0) is 19.3 Å². The Morgan fingerprint density at radius 1 is 0.609 bits per heavy atom. The van der Waals surface area contributed by atoms with E-state index in [1.54, 1.807) is 0 Å². The van der Waals surface area contributed by atoms with Gasteiger partial charge in [0, 0.05) is 25.0 Å². The molecule has 2 heterocycles. The van der Waals surface area contributed by atoms with Gasteiger partial charge < -0.3 is 0 Å². The number of rotatable bonds is 0. The van der Waals surface area contributed by atoms with Crippen molar-refractivity contribution in [3.8, 4) is 11.1 Å². The largest absolute Gasteiger partial charge is 0.217 e. The van der Waals surface area contributed by atoms with Gasteiger partial charge in [-0.15, -0.1) is 0 Å². The first-order valence-corrected chi connectivity index (χ1v) is 8.48. The van der Waals surface area contributed by atoms with Crippen molar-refractivity contribution in [3.63, 3.8) is 0 Å². The maximum Gasteiger partial charge on any atom is 0.217 e. The van der Waals surface area contributed by atoms with Crippen LogP contribution in [0.4, 0.5) is 11.4 Å². The summed E-state index contributed by atoms with van der Waals surface area (Å²) < 4.78 is 4.82. The van der Waals surface area contributed by atoms with Gasteiger partial charge in [0.05, 0.1) is 24.0 Å². The van der Waals surface area contributed by atoms with E-state index in [2.05, 4.69) is 61.4 Å². The molecule has 2 aliphatic heterocycles. The Hall–Kier alpha value is -2.22. The second kappa shape index (κ2) is 4.19. The second-order valence-electron chi connectivity index (χ2n) is 7.33. The molecule has 2 aromatic rings. The van der Waals surface area contributed by atoms with Crippen molar-refractivity contribution in [2.75, 3.05) is 14.1 Å². The maximum atomic E-state index is 2.41. The lowest BCUT2D eigenvalue weighted by Gasteiger charge is -2.08. The first-order valence-electron chi connectivity index (χ1n) is 8.48. The summed E-state index contributed by atoms with van der Waals surface area (Å²) in [6.45, 7) is 4.50. The summed E-state index contributed by atoms with van der Waals surface area (Å²) in [5.74, 6) is 0. The van der Waals surface area contributed by atoms with Crippen LogP contribution in [-0.4, -0.2) is 34.7 Å². The molecule has 0 spiro atoms. The topological polar surface area (TPSA) is 6.02 Å². The van der Waals surface area contributed by atoms with Crippen LogP contribution >= 0.6 is 0 Å². The zero-order valence-electron chi connectivity index (χ0n) is 14.3. The predicted octanol–water partition coefficient (Wildman–Crippen LogP) is 3.84. The molecule has 0 fully saturated rings. The molecule has 0 saturated heterocycles. The molecule has 3 aliphatic rings. The normalized spacial score (nSPS) is 17.6. The van der Waals surface area contributed by atoms with Gasteiger partial charge in [0.2, 0.25) is 11.4 Å². The third kappa shape index (κ3) is 1.54. The molecule has 2 heteroatoms. The monoisotopic (exact) mass is 302 g/mol. The SMILES string of the molecule is CC1=[N+](C)c2c(ccc3c2-c2c(ccc4c2[N+](C)=C(C)C4)C3)C1. The van der Waals surface area contributed by atoms with Crippen molar-refractivity contribution in [2.24, 2.45) is 0 Å². The van der Waals surface area contributed by atoms with Gasteiger partial charge in [0.1, 0.15) is 14.1 Å². The molecule has 0 amide bonds. The molecule has 0 N–H and O–H groups in total. The van der Waals surface area contributed by atoms with Crippen LogP contribution in [0.1, 0.15) is 36.1 Å². The van der Waals surface area contributed by atoms with Crippen molar-refractivity contribution >= 4 is 22.8 Å². The Balaban J connectivity index is 1.90. The van der Waals surface area contributed by atoms with Crippen molar-refractivity contribution < 1.29 is 9.15 Å². The lowest BCUT2D eigenvalue weighted by molar-refractivity contribution is -0.403. The van der Waals surface area contributed by atoms with Crippen molar-refractivity contribution in [1.29, 1.82) is 0 Å². The molecule has 2 nitrogen and oxygen atoms in total. The highest BCUT2D eigenvalue weighted by molar-refractivity contribution is 5.98. The first kappa shape index (κ1) is 13.2. The number of hydrogen-bond acceptors (Lipinski definition) is 0. The third-order valence-corrected chi connectivity index (χ3v) is 6.04. The molecular formula is C21H22N2+2. The first-order chi connectivity index (χ1) is 11.1. The van der Waals surface area contributed by atoms with E-state index in [-0.39, 0.29) is 0 Å². The van der Waals surface area contributed by atoms with Gasteiger partial charge in [-0.2, -0.15) is 0 Å². The van der Waals surface area contributed by atoms with Gasteiger partial charge in [-0.25, -0.2) is 9.15 Å². The Morgan fingerprint density at radius 3 is 1.43 bits per heavy atom. The molecule has 0 aromatic heterocycles. The molecule has 0 unspecified atom stereocenters. The summed E-state index contributed by atoms with van der Waals surface area (Å²) in [6, 6.07) is 9.40. The molecule has 0 atom stereocenters. The molecule has 0 bridgehead atoms. The van der Waals surface area contributed by atoms with Crippen LogP contribution in [0.5, 0.6) is 0 Å². The average Bonchev–Trinajstić information content (AvgIpc) is 3.13. The highest BCUT2D eigenvalue weighted by atomic mass is 15.0. The van der Waals surface area contributed by atoms with E-state index < -0.39 is 0 Å². The summed E-state index contributed by atoms with van der Waals surface area (Å²) >= 11 is 0. The van der Waals surface area contributed by atoms with Crippen LogP contribution in [0.3, 0.4) is 0 Å². The highest BCUT2D eigenvalue weighted by Gasteiger charge is 2.39. The maximum absolute atomic E-state index is 2.41. The minimum absolute atomic E-state index is 1.07. The predicted molar refractivity (Wildman–Crippen MR) is 95.1 cm³/mol. The van der Waals surface area contributed by atoms with Crippen LogP contribution in [0.15, 0.2) is 24.3 Å². The fourth-order valence-corrected chi connectivity index (χ4v) is 4.63. The Kier molecular flexibility index (Phi) is 2.41. The lowest BCUT2D eigenvalue weighted by atomic mass is 9.96. The van der Waals surface area contributed by atoms with E-state index in [1.165, 1.54) is 56.2 Å². The van der Waals surface area contributed by atoms with Gasteiger partial charge >= 0.3 is 0 Å². The second-order valence-corrected chi connectivity index (χ2v) is 7.33. The number of fused-ring (bicyclic) bond motifs is 7. The summed E-state index contributed by atoms with van der Waals surface area (Å²) in [5, 5.41) is 0. The fourth-order valence-electron chi connectivity index (χ4n) is 4.63. The standard InChI is InChI=1S/C21H22N2/c1-12-9-16-7-5-14-11-15-6-8-17-10-13(2)23(4)21(17)19(15)18(14)20(16)22(12)3/h5-8H,9-11H2,1-4H3/q+2. The summed E-state index contributed by atoms with van der Waals surface area (Å²) in [5.41, 5.74) is 14.7. The number of nitrogens with zero attached hydrogens (tertiary/aromatic N) is 2. The number of benzene rings is 2. The van der Waals surface area contributed by atoms with Gasteiger partial charge in [-0.05, 0) is 17.5 Å². The third-order valence-electron chi connectivity index (χ3n) is 6.04. The lowest BCUT2D eigenvalue weighted by Crippen LogP contribution is -2.05.